The van der Waals surface area contributed by atoms with Crippen LogP contribution in [0.25, 0.3) is 0 Å². The second kappa shape index (κ2) is 4.67. The standard InChI is InChI=1S/C8H10BrClN2/c1-2-3-11-6-4-7(9)8(10)12-5-6/h4-5,11H,2-3H2,1H3. The molecule has 1 aromatic rings. The number of anilines is 1. The molecule has 0 unspecified atom stereocenters. The highest BCUT2D eigenvalue weighted by Gasteiger charge is 1.98. The number of halogens is 2. The monoisotopic (exact) mass is 248 g/mol. The van der Waals surface area contributed by atoms with Crippen LogP contribution in [0.4, 0.5) is 5.69 Å². The molecule has 1 N–H and O–H groups in total. The van der Waals surface area contributed by atoms with Crippen LogP contribution in [0.3, 0.4) is 0 Å². The highest BCUT2D eigenvalue weighted by atomic mass is 79.9. The third-order valence-corrected chi connectivity index (χ3v) is 2.51. The maximum absolute atomic E-state index is 5.73. The van der Waals surface area contributed by atoms with Crippen LogP contribution >= 0.6 is 27.5 Å². The molecule has 4 heteroatoms. The van der Waals surface area contributed by atoms with E-state index in [4.69, 9.17) is 11.6 Å². The lowest BCUT2D eigenvalue weighted by Crippen LogP contribution is -1.99. The lowest BCUT2D eigenvalue weighted by atomic mass is 10.4. The molecule has 0 spiro atoms. The first-order valence-electron chi connectivity index (χ1n) is 3.79. The molecule has 0 bridgehead atoms. The van der Waals surface area contributed by atoms with Gasteiger partial charge in [-0.3, -0.25) is 0 Å². The fraction of sp³-hybridized carbons (Fsp3) is 0.375. The van der Waals surface area contributed by atoms with Gasteiger partial charge in [0.15, 0.2) is 0 Å². The van der Waals surface area contributed by atoms with Crippen molar-refractivity contribution < 1.29 is 0 Å². The van der Waals surface area contributed by atoms with E-state index in [9.17, 15) is 0 Å². The number of rotatable bonds is 3. The summed E-state index contributed by atoms with van der Waals surface area (Å²) < 4.78 is 0.824. The summed E-state index contributed by atoms with van der Waals surface area (Å²) in [7, 11) is 0. The predicted octanol–water partition coefficient (Wildman–Crippen LogP) is 3.32. The van der Waals surface area contributed by atoms with Gasteiger partial charge in [-0.05, 0) is 28.4 Å². The Hall–Kier alpha value is -0.280. The average Bonchev–Trinajstić information content (AvgIpc) is 2.07. The van der Waals surface area contributed by atoms with Crippen LogP contribution < -0.4 is 5.32 Å². The zero-order valence-electron chi connectivity index (χ0n) is 6.77. The first-order valence-corrected chi connectivity index (χ1v) is 4.96. The van der Waals surface area contributed by atoms with Crippen LogP contribution in [-0.2, 0) is 0 Å². The van der Waals surface area contributed by atoms with E-state index in [1.807, 2.05) is 6.07 Å². The van der Waals surface area contributed by atoms with Crippen LogP contribution in [0, 0.1) is 0 Å². The van der Waals surface area contributed by atoms with E-state index >= 15 is 0 Å². The Morgan fingerprint density at radius 2 is 2.42 bits per heavy atom. The molecule has 12 heavy (non-hydrogen) atoms. The Morgan fingerprint density at radius 1 is 1.67 bits per heavy atom. The molecule has 0 aliphatic heterocycles. The van der Waals surface area contributed by atoms with Gasteiger partial charge in [0.2, 0.25) is 0 Å². The molecule has 0 saturated heterocycles. The van der Waals surface area contributed by atoms with Gasteiger partial charge in [0.05, 0.1) is 16.4 Å². The largest absolute Gasteiger partial charge is 0.384 e. The summed E-state index contributed by atoms with van der Waals surface area (Å²) in [4.78, 5) is 3.99. The van der Waals surface area contributed by atoms with Gasteiger partial charge in [0.1, 0.15) is 5.15 Å². The summed E-state index contributed by atoms with van der Waals surface area (Å²) in [5.41, 5.74) is 0.994. The van der Waals surface area contributed by atoms with E-state index in [1.54, 1.807) is 6.20 Å². The molecule has 0 radical (unpaired) electrons. The molecule has 0 saturated carbocycles. The number of hydrogen-bond donors (Lipinski definition) is 1. The zero-order valence-corrected chi connectivity index (χ0v) is 9.11. The Morgan fingerprint density at radius 3 is 3.00 bits per heavy atom. The van der Waals surface area contributed by atoms with E-state index in [2.05, 4.69) is 33.2 Å². The second-order valence-electron chi connectivity index (χ2n) is 2.42. The fourth-order valence-corrected chi connectivity index (χ4v) is 1.24. The summed E-state index contributed by atoms with van der Waals surface area (Å²) in [6.07, 6.45) is 2.82. The summed E-state index contributed by atoms with van der Waals surface area (Å²) in [6, 6.07) is 1.92. The minimum Gasteiger partial charge on any atom is -0.384 e. The Kier molecular flexibility index (Phi) is 3.82. The number of hydrogen-bond acceptors (Lipinski definition) is 2. The molecule has 1 rings (SSSR count). The van der Waals surface area contributed by atoms with Crippen LogP contribution in [0.5, 0.6) is 0 Å². The summed E-state index contributed by atoms with van der Waals surface area (Å²) >= 11 is 9.03. The van der Waals surface area contributed by atoms with Gasteiger partial charge in [0, 0.05) is 6.54 Å². The summed E-state index contributed by atoms with van der Waals surface area (Å²) in [6.45, 7) is 3.07. The highest BCUT2D eigenvalue weighted by Crippen LogP contribution is 2.22. The molecule has 66 valence electrons. The molecular formula is C8H10BrClN2. The van der Waals surface area contributed by atoms with Gasteiger partial charge in [-0.25, -0.2) is 4.98 Å². The lowest BCUT2D eigenvalue weighted by molar-refractivity contribution is 0.977. The first kappa shape index (κ1) is 9.81. The van der Waals surface area contributed by atoms with Crippen molar-refractivity contribution in [2.24, 2.45) is 0 Å². The summed E-state index contributed by atoms with van der Waals surface area (Å²) in [5.74, 6) is 0. The van der Waals surface area contributed by atoms with Crippen molar-refractivity contribution in [1.82, 2.24) is 4.98 Å². The van der Waals surface area contributed by atoms with Crippen molar-refractivity contribution in [2.45, 2.75) is 13.3 Å². The van der Waals surface area contributed by atoms with Crippen molar-refractivity contribution in [1.29, 1.82) is 0 Å². The number of nitrogens with one attached hydrogen (secondary N) is 1. The Labute approximate surface area is 85.5 Å². The molecule has 0 amide bonds. The maximum Gasteiger partial charge on any atom is 0.143 e. The van der Waals surface area contributed by atoms with E-state index in [-0.39, 0.29) is 0 Å². The van der Waals surface area contributed by atoms with Crippen molar-refractivity contribution in [3.05, 3.63) is 21.9 Å². The quantitative estimate of drug-likeness (QED) is 0.831. The van der Waals surface area contributed by atoms with Crippen molar-refractivity contribution in [3.63, 3.8) is 0 Å². The predicted molar refractivity (Wildman–Crippen MR) is 55.7 cm³/mol. The van der Waals surface area contributed by atoms with Gasteiger partial charge >= 0.3 is 0 Å². The van der Waals surface area contributed by atoms with Gasteiger partial charge < -0.3 is 5.32 Å². The van der Waals surface area contributed by atoms with Gasteiger partial charge in [-0.15, -0.1) is 0 Å². The van der Waals surface area contributed by atoms with Crippen molar-refractivity contribution in [3.8, 4) is 0 Å². The van der Waals surface area contributed by atoms with E-state index in [0.717, 1.165) is 23.1 Å². The molecule has 0 aliphatic carbocycles. The Bertz CT molecular complexity index is 265. The Balaban J connectivity index is 2.69. The van der Waals surface area contributed by atoms with Crippen LogP contribution in [-0.4, -0.2) is 11.5 Å². The van der Waals surface area contributed by atoms with Crippen molar-refractivity contribution >= 4 is 33.2 Å². The number of nitrogens with zero attached hydrogens (tertiary/aromatic N) is 1. The molecule has 0 aliphatic rings. The second-order valence-corrected chi connectivity index (χ2v) is 3.64. The number of pyridine rings is 1. The maximum atomic E-state index is 5.73. The van der Waals surface area contributed by atoms with Crippen molar-refractivity contribution in [2.75, 3.05) is 11.9 Å². The molecule has 2 nitrogen and oxygen atoms in total. The zero-order chi connectivity index (χ0) is 8.97. The highest BCUT2D eigenvalue weighted by molar-refractivity contribution is 9.10. The normalized spacial score (nSPS) is 9.92. The third kappa shape index (κ3) is 2.64. The van der Waals surface area contributed by atoms with Crippen LogP contribution in [0.15, 0.2) is 16.7 Å². The topological polar surface area (TPSA) is 24.9 Å². The minimum absolute atomic E-state index is 0.497. The average molecular weight is 250 g/mol. The van der Waals surface area contributed by atoms with Crippen LogP contribution in [0.1, 0.15) is 13.3 Å². The minimum atomic E-state index is 0.497. The number of aromatic nitrogens is 1. The lowest BCUT2D eigenvalue weighted by Gasteiger charge is -2.04. The first-order chi connectivity index (χ1) is 5.74. The molecule has 0 atom stereocenters. The molecule has 1 heterocycles. The SMILES string of the molecule is CCCNc1cnc(Cl)c(Br)c1. The van der Waals surface area contributed by atoms with E-state index < -0.39 is 0 Å². The van der Waals surface area contributed by atoms with E-state index in [1.165, 1.54) is 0 Å². The smallest absolute Gasteiger partial charge is 0.143 e. The van der Waals surface area contributed by atoms with Crippen LogP contribution in [0.2, 0.25) is 5.15 Å². The van der Waals surface area contributed by atoms with Gasteiger partial charge in [-0.1, -0.05) is 18.5 Å². The van der Waals surface area contributed by atoms with Gasteiger partial charge in [0.25, 0.3) is 0 Å². The third-order valence-electron chi connectivity index (χ3n) is 1.38. The molecule has 1 aromatic heterocycles. The van der Waals surface area contributed by atoms with Gasteiger partial charge in [-0.2, -0.15) is 0 Å². The van der Waals surface area contributed by atoms with E-state index in [0.29, 0.717) is 5.15 Å². The fourth-order valence-electron chi connectivity index (χ4n) is 0.787. The molecule has 0 fully saturated rings. The molecule has 0 aromatic carbocycles. The molecular weight excluding hydrogens is 239 g/mol. The summed E-state index contributed by atoms with van der Waals surface area (Å²) in [5, 5.41) is 3.71.